The Balaban J connectivity index is 2.35. The van der Waals surface area contributed by atoms with E-state index in [9.17, 15) is 9.18 Å². The van der Waals surface area contributed by atoms with Crippen LogP contribution in [0, 0.1) is 5.82 Å². The van der Waals surface area contributed by atoms with Crippen LogP contribution < -0.4 is 5.69 Å². The minimum Gasteiger partial charge on any atom is -0.297 e. The van der Waals surface area contributed by atoms with Gasteiger partial charge in [-0.2, -0.15) is 0 Å². The molecule has 96 valence electrons. The fraction of sp³-hybridized carbons (Fsp3) is 0.308. The zero-order valence-corrected chi connectivity index (χ0v) is 11.0. The predicted octanol–water partition coefficient (Wildman–Crippen LogP) is 3.07. The second-order valence-corrected chi connectivity index (χ2v) is 4.85. The fourth-order valence-electron chi connectivity index (χ4n) is 1.79. The van der Waals surface area contributed by atoms with Crippen LogP contribution in [0.5, 0.6) is 0 Å². The molecular formula is C13H14ClFN2O. The van der Waals surface area contributed by atoms with Gasteiger partial charge in [0, 0.05) is 23.5 Å². The van der Waals surface area contributed by atoms with Crippen LogP contribution in [-0.2, 0) is 6.54 Å². The van der Waals surface area contributed by atoms with E-state index in [1.54, 1.807) is 17.0 Å². The fourth-order valence-corrected chi connectivity index (χ4v) is 1.97. The summed E-state index contributed by atoms with van der Waals surface area (Å²) >= 11 is 5.98. The smallest absolute Gasteiger partial charge is 0.297 e. The van der Waals surface area contributed by atoms with Crippen molar-refractivity contribution in [1.29, 1.82) is 0 Å². The van der Waals surface area contributed by atoms with Gasteiger partial charge in [0.2, 0.25) is 0 Å². The Morgan fingerprint density at radius 2 is 2.06 bits per heavy atom. The summed E-state index contributed by atoms with van der Waals surface area (Å²) in [5, 5.41) is 0.459. The van der Waals surface area contributed by atoms with Gasteiger partial charge in [0.25, 0.3) is 0 Å². The summed E-state index contributed by atoms with van der Waals surface area (Å²) in [5.74, 6) is -0.356. The number of nitrogens with zero attached hydrogens (tertiary/aromatic N) is 2. The van der Waals surface area contributed by atoms with Crippen molar-refractivity contribution in [3.05, 3.63) is 57.5 Å². The Morgan fingerprint density at radius 3 is 2.67 bits per heavy atom. The zero-order chi connectivity index (χ0) is 13.3. The van der Waals surface area contributed by atoms with E-state index >= 15 is 0 Å². The van der Waals surface area contributed by atoms with Crippen LogP contribution in [0.1, 0.15) is 25.5 Å². The molecule has 0 radical (unpaired) electrons. The molecule has 0 unspecified atom stereocenters. The Hall–Kier alpha value is -1.55. The van der Waals surface area contributed by atoms with Crippen molar-refractivity contribution in [2.45, 2.75) is 26.4 Å². The van der Waals surface area contributed by atoms with Crippen LogP contribution in [0.15, 0.2) is 35.4 Å². The van der Waals surface area contributed by atoms with Crippen LogP contribution in [0.3, 0.4) is 0 Å². The lowest BCUT2D eigenvalue weighted by Gasteiger charge is -2.06. The van der Waals surface area contributed by atoms with Gasteiger partial charge in [-0.3, -0.25) is 9.13 Å². The van der Waals surface area contributed by atoms with E-state index in [1.165, 1.54) is 22.8 Å². The minimum absolute atomic E-state index is 0.0988. The van der Waals surface area contributed by atoms with Crippen LogP contribution in [0.4, 0.5) is 4.39 Å². The van der Waals surface area contributed by atoms with E-state index < -0.39 is 0 Å². The van der Waals surface area contributed by atoms with Crippen molar-refractivity contribution in [3.8, 4) is 0 Å². The van der Waals surface area contributed by atoms with Gasteiger partial charge >= 0.3 is 5.69 Å². The number of halogens is 2. The van der Waals surface area contributed by atoms with Crippen LogP contribution >= 0.6 is 11.6 Å². The molecule has 0 aliphatic rings. The summed E-state index contributed by atoms with van der Waals surface area (Å²) in [6, 6.07) is 4.24. The predicted molar refractivity (Wildman–Crippen MR) is 69.6 cm³/mol. The van der Waals surface area contributed by atoms with Crippen molar-refractivity contribution in [2.75, 3.05) is 0 Å². The van der Waals surface area contributed by atoms with E-state index in [0.717, 1.165) is 0 Å². The Kier molecular flexibility index (Phi) is 3.57. The normalized spacial score (nSPS) is 11.2. The first kappa shape index (κ1) is 12.9. The van der Waals surface area contributed by atoms with Crippen molar-refractivity contribution < 1.29 is 4.39 Å². The average Bonchev–Trinajstić information content (AvgIpc) is 2.66. The number of hydrogen-bond acceptors (Lipinski definition) is 1. The molecular weight excluding hydrogens is 255 g/mol. The van der Waals surface area contributed by atoms with Crippen molar-refractivity contribution in [3.63, 3.8) is 0 Å². The number of imidazole rings is 1. The SMILES string of the molecule is CC(C)n1ccn(Cc2cc(F)ccc2Cl)c1=O. The molecule has 3 nitrogen and oxygen atoms in total. The van der Waals surface area contributed by atoms with E-state index in [4.69, 9.17) is 11.6 Å². The van der Waals surface area contributed by atoms with E-state index in [-0.39, 0.29) is 24.1 Å². The topological polar surface area (TPSA) is 26.9 Å². The van der Waals surface area contributed by atoms with Gasteiger partial charge in [-0.15, -0.1) is 0 Å². The summed E-state index contributed by atoms with van der Waals surface area (Å²) in [4.78, 5) is 12.0. The number of rotatable bonds is 3. The third kappa shape index (κ3) is 2.48. The molecule has 0 saturated carbocycles. The molecule has 0 amide bonds. The van der Waals surface area contributed by atoms with Crippen LogP contribution in [0.25, 0.3) is 0 Å². The maximum atomic E-state index is 13.1. The summed E-state index contributed by atoms with van der Waals surface area (Å²) in [6.45, 7) is 4.14. The van der Waals surface area contributed by atoms with E-state index in [0.29, 0.717) is 10.6 Å². The maximum Gasteiger partial charge on any atom is 0.328 e. The van der Waals surface area contributed by atoms with Crippen molar-refractivity contribution >= 4 is 11.6 Å². The lowest BCUT2D eigenvalue weighted by Crippen LogP contribution is -2.25. The molecule has 0 N–H and O–H groups in total. The molecule has 0 aliphatic carbocycles. The van der Waals surface area contributed by atoms with Crippen LogP contribution in [0.2, 0.25) is 5.02 Å². The molecule has 2 rings (SSSR count). The maximum absolute atomic E-state index is 13.1. The first-order chi connectivity index (χ1) is 8.49. The van der Waals surface area contributed by atoms with Crippen molar-refractivity contribution in [2.24, 2.45) is 0 Å². The lowest BCUT2D eigenvalue weighted by atomic mass is 10.2. The van der Waals surface area contributed by atoms with Gasteiger partial charge in [0.1, 0.15) is 5.82 Å². The summed E-state index contributed by atoms with van der Waals surface area (Å²) in [5.41, 5.74) is 0.477. The molecule has 0 saturated heterocycles. The van der Waals surface area contributed by atoms with Gasteiger partial charge in [0.05, 0.1) is 6.54 Å². The van der Waals surface area contributed by atoms with Crippen molar-refractivity contribution in [1.82, 2.24) is 9.13 Å². The lowest BCUT2D eigenvalue weighted by molar-refractivity contribution is 0.560. The van der Waals surface area contributed by atoms with Gasteiger partial charge in [-0.1, -0.05) is 11.6 Å². The quantitative estimate of drug-likeness (QED) is 0.840. The standard InChI is InChI=1S/C13H14ClFN2O/c1-9(2)17-6-5-16(13(17)18)8-10-7-11(15)3-4-12(10)14/h3-7,9H,8H2,1-2H3. The molecule has 1 heterocycles. The Bertz CT molecular complexity index is 616. The van der Waals surface area contributed by atoms with Gasteiger partial charge < -0.3 is 0 Å². The zero-order valence-electron chi connectivity index (χ0n) is 10.2. The molecule has 0 spiro atoms. The molecule has 0 aliphatic heterocycles. The number of aromatic nitrogens is 2. The highest BCUT2D eigenvalue weighted by molar-refractivity contribution is 6.31. The molecule has 0 atom stereocenters. The van der Waals surface area contributed by atoms with Gasteiger partial charge in [0.15, 0.2) is 0 Å². The average molecular weight is 269 g/mol. The molecule has 18 heavy (non-hydrogen) atoms. The third-order valence-corrected chi connectivity index (χ3v) is 3.15. The highest BCUT2D eigenvalue weighted by atomic mass is 35.5. The largest absolute Gasteiger partial charge is 0.328 e. The summed E-state index contributed by atoms with van der Waals surface area (Å²) in [7, 11) is 0. The highest BCUT2D eigenvalue weighted by Crippen LogP contribution is 2.17. The molecule has 0 fully saturated rings. The second-order valence-electron chi connectivity index (χ2n) is 4.45. The highest BCUT2D eigenvalue weighted by Gasteiger charge is 2.09. The molecule has 1 aromatic carbocycles. The Morgan fingerprint density at radius 1 is 1.33 bits per heavy atom. The Labute approximate surface area is 109 Å². The third-order valence-electron chi connectivity index (χ3n) is 2.78. The van der Waals surface area contributed by atoms with E-state index in [1.807, 2.05) is 13.8 Å². The van der Waals surface area contributed by atoms with Gasteiger partial charge in [-0.25, -0.2) is 9.18 Å². The number of benzene rings is 1. The molecule has 1 aromatic heterocycles. The van der Waals surface area contributed by atoms with Gasteiger partial charge in [-0.05, 0) is 37.6 Å². The monoisotopic (exact) mass is 268 g/mol. The summed E-state index contributed by atoms with van der Waals surface area (Å²) in [6.07, 6.45) is 3.41. The molecule has 0 bridgehead atoms. The summed E-state index contributed by atoms with van der Waals surface area (Å²) < 4.78 is 16.3. The van der Waals surface area contributed by atoms with E-state index in [2.05, 4.69) is 0 Å². The molecule has 5 heteroatoms. The molecule has 2 aromatic rings. The first-order valence-electron chi connectivity index (χ1n) is 5.70. The first-order valence-corrected chi connectivity index (χ1v) is 6.08. The van der Waals surface area contributed by atoms with Crippen LogP contribution in [-0.4, -0.2) is 9.13 Å². The number of hydrogen-bond donors (Lipinski definition) is 0. The second kappa shape index (κ2) is 4.98. The minimum atomic E-state index is -0.356.